The number of nitrogens with two attached hydrogens (primary N) is 1. The number of hydrogen-bond donors (Lipinski definition) is 1. The average molecular weight is 431 g/mol. The molecular formula is C17H13F4N3O4S. The van der Waals surface area contributed by atoms with Crippen LogP contribution in [0.5, 0.6) is 5.75 Å². The first-order valence-electron chi connectivity index (χ1n) is 7.97. The van der Waals surface area contributed by atoms with Crippen LogP contribution < -0.4 is 9.88 Å². The largest absolute Gasteiger partial charge is 0.490 e. The third-order valence-corrected chi connectivity index (χ3v) is 4.66. The van der Waals surface area contributed by atoms with Crippen LogP contribution in [0.15, 0.2) is 51.9 Å². The van der Waals surface area contributed by atoms with E-state index in [2.05, 4.69) is 10.1 Å². The zero-order chi connectivity index (χ0) is 21.2. The number of ether oxygens (including phenoxy) is 1. The summed E-state index contributed by atoms with van der Waals surface area (Å²) in [6, 6.07) is 8.30. The number of benzene rings is 2. The number of sulfonamides is 1. The third-order valence-electron chi connectivity index (χ3n) is 3.73. The van der Waals surface area contributed by atoms with Crippen LogP contribution in [0.25, 0.3) is 22.8 Å². The van der Waals surface area contributed by atoms with Crippen LogP contribution in [0, 0.1) is 0 Å². The first-order valence-corrected chi connectivity index (χ1v) is 9.51. The minimum absolute atomic E-state index is 0.0233. The van der Waals surface area contributed by atoms with E-state index >= 15 is 0 Å². The fraction of sp³-hybridized carbons (Fsp3) is 0.176. The van der Waals surface area contributed by atoms with E-state index < -0.39 is 40.8 Å². The van der Waals surface area contributed by atoms with Gasteiger partial charge in [0.15, 0.2) is 0 Å². The molecule has 0 radical (unpaired) electrons. The smallest absolute Gasteiger partial charge is 0.419 e. The molecule has 0 aliphatic rings. The SMILES string of the molecule is NS(=O)(=O)c1ccc(-c2noc(-c3ccc(OCCF)c(C(F)(F)F)c3)n2)cc1. The number of rotatable bonds is 6. The number of alkyl halides is 4. The highest BCUT2D eigenvalue weighted by atomic mass is 32.2. The summed E-state index contributed by atoms with van der Waals surface area (Å²) in [5.41, 5.74) is -0.767. The fourth-order valence-electron chi connectivity index (χ4n) is 2.41. The van der Waals surface area contributed by atoms with Gasteiger partial charge in [0.2, 0.25) is 15.8 Å². The Morgan fingerprint density at radius 3 is 2.31 bits per heavy atom. The van der Waals surface area contributed by atoms with Crippen molar-refractivity contribution in [2.24, 2.45) is 5.14 Å². The molecule has 0 amide bonds. The highest BCUT2D eigenvalue weighted by molar-refractivity contribution is 7.89. The van der Waals surface area contributed by atoms with Gasteiger partial charge in [0.05, 0.1) is 10.5 Å². The Morgan fingerprint density at radius 2 is 1.72 bits per heavy atom. The van der Waals surface area contributed by atoms with Crippen LogP contribution >= 0.6 is 0 Å². The van der Waals surface area contributed by atoms with Crippen molar-refractivity contribution in [3.05, 3.63) is 48.0 Å². The van der Waals surface area contributed by atoms with Gasteiger partial charge < -0.3 is 9.26 Å². The summed E-state index contributed by atoms with van der Waals surface area (Å²) in [4.78, 5) is 3.91. The molecule has 1 heterocycles. The summed E-state index contributed by atoms with van der Waals surface area (Å²) < 4.78 is 84.4. The summed E-state index contributed by atoms with van der Waals surface area (Å²) in [5, 5.41) is 8.71. The van der Waals surface area contributed by atoms with Gasteiger partial charge in [-0.2, -0.15) is 18.2 Å². The maximum absolute atomic E-state index is 13.3. The van der Waals surface area contributed by atoms with E-state index in [1.807, 2.05) is 0 Å². The summed E-state index contributed by atoms with van der Waals surface area (Å²) in [6.07, 6.45) is -4.74. The Balaban J connectivity index is 1.94. The molecule has 29 heavy (non-hydrogen) atoms. The minimum Gasteiger partial charge on any atom is -0.490 e. The van der Waals surface area contributed by atoms with E-state index in [1.54, 1.807) is 0 Å². The molecule has 0 saturated carbocycles. The highest BCUT2D eigenvalue weighted by Crippen LogP contribution is 2.38. The highest BCUT2D eigenvalue weighted by Gasteiger charge is 2.35. The molecule has 0 fully saturated rings. The van der Waals surface area contributed by atoms with Gasteiger partial charge in [-0.15, -0.1) is 0 Å². The van der Waals surface area contributed by atoms with Crippen LogP contribution in [0.1, 0.15) is 5.56 Å². The lowest BCUT2D eigenvalue weighted by atomic mass is 10.1. The molecule has 0 aliphatic heterocycles. The summed E-state index contributed by atoms with van der Waals surface area (Å²) in [5.74, 6) is -0.678. The maximum atomic E-state index is 13.3. The molecule has 2 N–H and O–H groups in total. The monoisotopic (exact) mass is 431 g/mol. The number of halogens is 4. The van der Waals surface area contributed by atoms with E-state index in [4.69, 9.17) is 14.4 Å². The second kappa shape index (κ2) is 7.79. The van der Waals surface area contributed by atoms with Crippen molar-refractivity contribution in [3.63, 3.8) is 0 Å². The van der Waals surface area contributed by atoms with Crippen molar-refractivity contribution in [1.82, 2.24) is 10.1 Å². The lowest BCUT2D eigenvalue weighted by Crippen LogP contribution is -2.11. The summed E-state index contributed by atoms with van der Waals surface area (Å²) in [7, 11) is -3.88. The van der Waals surface area contributed by atoms with Gasteiger partial charge in [-0.3, -0.25) is 0 Å². The molecule has 0 atom stereocenters. The van der Waals surface area contributed by atoms with Crippen molar-refractivity contribution < 1.29 is 35.2 Å². The first kappa shape index (κ1) is 20.7. The van der Waals surface area contributed by atoms with E-state index in [1.165, 1.54) is 30.3 Å². The molecule has 0 bridgehead atoms. The molecule has 154 valence electrons. The molecule has 3 rings (SSSR count). The van der Waals surface area contributed by atoms with Gasteiger partial charge in [-0.1, -0.05) is 5.16 Å². The third kappa shape index (κ3) is 4.71. The van der Waals surface area contributed by atoms with E-state index in [0.717, 1.165) is 12.1 Å². The standard InChI is InChI=1S/C17H13F4N3O4S/c18-7-8-27-14-6-3-11(9-13(14)17(19,20)21)16-23-15(24-28-16)10-1-4-12(5-2-10)29(22,25)26/h1-6,9H,7-8H2,(H2,22,25,26). The van der Waals surface area contributed by atoms with Gasteiger partial charge in [0.25, 0.3) is 5.89 Å². The Bertz CT molecular complexity index is 1110. The Kier molecular flexibility index (Phi) is 5.57. The second-order valence-corrected chi connectivity index (χ2v) is 7.30. The molecule has 0 saturated heterocycles. The van der Waals surface area contributed by atoms with Crippen molar-refractivity contribution >= 4 is 10.0 Å². The molecule has 0 spiro atoms. The maximum Gasteiger partial charge on any atom is 0.419 e. The van der Waals surface area contributed by atoms with Crippen molar-refractivity contribution in [2.45, 2.75) is 11.1 Å². The Labute approximate surface area is 162 Å². The van der Waals surface area contributed by atoms with E-state index in [9.17, 15) is 26.0 Å². The summed E-state index contributed by atoms with van der Waals surface area (Å²) in [6.45, 7) is -1.45. The molecule has 3 aromatic rings. The number of aromatic nitrogens is 2. The topological polar surface area (TPSA) is 108 Å². The van der Waals surface area contributed by atoms with Gasteiger partial charge in [-0.25, -0.2) is 17.9 Å². The molecule has 0 aliphatic carbocycles. The van der Waals surface area contributed by atoms with Gasteiger partial charge in [0, 0.05) is 11.1 Å². The summed E-state index contributed by atoms with van der Waals surface area (Å²) >= 11 is 0. The zero-order valence-corrected chi connectivity index (χ0v) is 15.3. The lowest BCUT2D eigenvalue weighted by Gasteiger charge is -2.13. The molecule has 2 aromatic carbocycles. The molecule has 0 unspecified atom stereocenters. The minimum atomic E-state index is -4.74. The molecular weight excluding hydrogens is 418 g/mol. The van der Waals surface area contributed by atoms with E-state index in [0.29, 0.717) is 5.56 Å². The van der Waals surface area contributed by atoms with Crippen LogP contribution in [0.3, 0.4) is 0 Å². The van der Waals surface area contributed by atoms with E-state index in [-0.39, 0.29) is 22.2 Å². The van der Waals surface area contributed by atoms with Crippen molar-refractivity contribution in [2.75, 3.05) is 13.3 Å². The number of nitrogens with zero attached hydrogens (tertiary/aromatic N) is 2. The predicted molar refractivity (Wildman–Crippen MR) is 93.0 cm³/mol. The number of primary sulfonamides is 1. The van der Waals surface area contributed by atoms with Gasteiger partial charge >= 0.3 is 6.18 Å². The number of hydrogen-bond acceptors (Lipinski definition) is 6. The van der Waals surface area contributed by atoms with Crippen LogP contribution in [0.2, 0.25) is 0 Å². The van der Waals surface area contributed by atoms with Crippen LogP contribution in [-0.2, 0) is 16.2 Å². The zero-order valence-electron chi connectivity index (χ0n) is 14.5. The predicted octanol–water partition coefficient (Wildman–Crippen LogP) is 3.42. The molecule has 12 heteroatoms. The van der Waals surface area contributed by atoms with Gasteiger partial charge in [-0.05, 0) is 42.5 Å². The Hall–Kier alpha value is -2.99. The normalized spacial score (nSPS) is 12.2. The van der Waals surface area contributed by atoms with Crippen LogP contribution in [-0.4, -0.2) is 31.8 Å². The quantitative estimate of drug-likeness (QED) is 0.599. The van der Waals surface area contributed by atoms with Crippen LogP contribution in [0.4, 0.5) is 17.6 Å². The second-order valence-electron chi connectivity index (χ2n) is 5.74. The first-order chi connectivity index (χ1) is 13.6. The molecule has 1 aromatic heterocycles. The van der Waals surface area contributed by atoms with Crippen molar-refractivity contribution in [1.29, 1.82) is 0 Å². The Morgan fingerprint density at radius 1 is 1.07 bits per heavy atom. The lowest BCUT2D eigenvalue weighted by molar-refractivity contribution is -0.138. The average Bonchev–Trinajstić information content (AvgIpc) is 3.15. The van der Waals surface area contributed by atoms with Gasteiger partial charge in [0.1, 0.15) is 19.0 Å². The molecule has 7 nitrogen and oxygen atoms in total. The fourth-order valence-corrected chi connectivity index (χ4v) is 2.93. The van der Waals surface area contributed by atoms with Crippen molar-refractivity contribution in [3.8, 4) is 28.6 Å².